The van der Waals surface area contributed by atoms with Crippen molar-refractivity contribution in [2.24, 2.45) is 0 Å². The fraction of sp³-hybridized carbons (Fsp3) is 0.250. The minimum atomic E-state index is -1.01. The number of benzene rings is 3. The van der Waals surface area contributed by atoms with Crippen LogP contribution in [0, 0.1) is 6.92 Å². The Balaban J connectivity index is 1.88. The Morgan fingerprint density at radius 2 is 1.68 bits per heavy atom. The lowest BCUT2D eigenvalue weighted by molar-refractivity contribution is -0.140. The van der Waals surface area contributed by atoms with Crippen molar-refractivity contribution in [2.75, 3.05) is 20.8 Å². The van der Waals surface area contributed by atoms with Gasteiger partial charge in [-0.05, 0) is 53.3 Å². The van der Waals surface area contributed by atoms with E-state index in [1.54, 1.807) is 14.2 Å². The molecule has 0 bridgehead atoms. The Hall–Kier alpha value is -3.61. The number of aliphatic carboxylic acids is 1. The average molecular weight is 462 g/mol. The van der Waals surface area contributed by atoms with Crippen LogP contribution in [0.25, 0.3) is 23.3 Å². The van der Waals surface area contributed by atoms with Crippen molar-refractivity contribution in [2.45, 2.75) is 25.9 Å². The number of rotatable bonds is 11. The van der Waals surface area contributed by atoms with Crippen LogP contribution in [-0.4, -0.2) is 43.1 Å². The third kappa shape index (κ3) is 6.04. The Kier molecular flexibility index (Phi) is 8.85. The first kappa shape index (κ1) is 25.0. The number of hydrogen-bond donors (Lipinski definition) is 3. The van der Waals surface area contributed by atoms with Crippen LogP contribution in [0.3, 0.4) is 0 Å². The molecule has 3 rings (SSSR count). The summed E-state index contributed by atoms with van der Waals surface area (Å²) in [6, 6.07) is 19.5. The molecule has 34 heavy (non-hydrogen) atoms. The van der Waals surface area contributed by atoms with Gasteiger partial charge in [0.1, 0.15) is 17.5 Å². The quantitative estimate of drug-likeness (QED) is 0.357. The molecule has 6 nitrogen and oxygen atoms in total. The molecule has 0 amide bonds. The van der Waals surface area contributed by atoms with Crippen LogP contribution in [0.1, 0.15) is 28.7 Å². The molecule has 178 valence electrons. The maximum atomic E-state index is 11.4. The number of nitrogens with one attached hydrogen (secondary N) is 1. The number of carbonyl (C=O) groups is 1. The van der Waals surface area contributed by atoms with Gasteiger partial charge in [-0.15, -0.1) is 0 Å². The molecule has 3 aromatic rings. The van der Waals surface area contributed by atoms with E-state index in [2.05, 4.69) is 48.6 Å². The highest BCUT2D eigenvalue weighted by molar-refractivity contribution is 5.78. The van der Waals surface area contributed by atoms with Crippen LogP contribution in [-0.2, 0) is 11.3 Å². The van der Waals surface area contributed by atoms with Gasteiger partial charge in [0, 0.05) is 18.7 Å². The van der Waals surface area contributed by atoms with E-state index in [1.165, 1.54) is 16.7 Å². The number of carboxylic acid groups (broad SMARTS) is 1. The summed E-state index contributed by atoms with van der Waals surface area (Å²) in [6.07, 6.45) is 4.18. The van der Waals surface area contributed by atoms with Crippen molar-refractivity contribution in [3.05, 3.63) is 82.9 Å². The molecular weight excluding hydrogens is 430 g/mol. The Bertz CT molecular complexity index is 1120. The van der Waals surface area contributed by atoms with Crippen molar-refractivity contribution >= 4 is 18.1 Å². The van der Waals surface area contributed by atoms with E-state index >= 15 is 0 Å². The van der Waals surface area contributed by atoms with Crippen LogP contribution in [0.2, 0.25) is 0 Å². The van der Waals surface area contributed by atoms with Crippen LogP contribution >= 0.6 is 0 Å². The summed E-state index contributed by atoms with van der Waals surface area (Å²) in [7, 11) is 3.14. The minimum absolute atomic E-state index is 0.113. The van der Waals surface area contributed by atoms with E-state index in [0.717, 1.165) is 11.1 Å². The predicted molar refractivity (Wildman–Crippen MR) is 135 cm³/mol. The summed E-state index contributed by atoms with van der Waals surface area (Å²) in [5.74, 6) is 0.170. The van der Waals surface area contributed by atoms with Crippen LogP contribution < -0.4 is 14.8 Å². The number of carboxylic acids is 1. The van der Waals surface area contributed by atoms with Crippen molar-refractivity contribution in [1.29, 1.82) is 0 Å². The first-order valence-electron chi connectivity index (χ1n) is 11.1. The van der Waals surface area contributed by atoms with Crippen LogP contribution in [0.15, 0.2) is 60.7 Å². The highest BCUT2D eigenvalue weighted by Gasteiger charge is 2.19. The van der Waals surface area contributed by atoms with E-state index in [0.29, 0.717) is 17.1 Å². The van der Waals surface area contributed by atoms with Gasteiger partial charge in [-0.2, -0.15) is 0 Å². The third-order valence-corrected chi connectivity index (χ3v) is 5.79. The van der Waals surface area contributed by atoms with Gasteiger partial charge in [-0.3, -0.25) is 10.1 Å². The molecule has 3 N–H and O–H groups in total. The molecule has 0 radical (unpaired) electrons. The van der Waals surface area contributed by atoms with Gasteiger partial charge in [0.2, 0.25) is 0 Å². The Labute approximate surface area is 200 Å². The van der Waals surface area contributed by atoms with E-state index in [-0.39, 0.29) is 19.6 Å². The van der Waals surface area contributed by atoms with Crippen LogP contribution in [0.5, 0.6) is 11.5 Å². The SMILES string of the molecule is COc1cc(C=Cc2cccc(-c3ccccc3)c2C)cc(OC)c1CNC(CCO)C(=O)O. The number of hydrogen-bond acceptors (Lipinski definition) is 5. The zero-order valence-corrected chi connectivity index (χ0v) is 19.7. The van der Waals surface area contributed by atoms with Gasteiger partial charge in [0.05, 0.1) is 14.2 Å². The van der Waals surface area contributed by atoms with Crippen molar-refractivity contribution in [3.8, 4) is 22.6 Å². The molecule has 0 saturated heterocycles. The van der Waals surface area contributed by atoms with Gasteiger partial charge in [-0.1, -0.05) is 60.7 Å². The zero-order valence-electron chi connectivity index (χ0n) is 19.7. The summed E-state index contributed by atoms with van der Waals surface area (Å²) in [4.78, 5) is 11.4. The standard InChI is InChI=1S/C28H31NO5/c1-19-21(10-7-11-23(19)22-8-5-4-6-9-22)13-12-20-16-26(33-2)24(27(17-20)34-3)18-29-25(14-15-30)28(31)32/h4-13,16-17,25,29-30H,14-15,18H2,1-3H3,(H,31,32). The molecule has 0 spiro atoms. The highest BCUT2D eigenvalue weighted by Crippen LogP contribution is 2.32. The molecule has 1 unspecified atom stereocenters. The normalized spacial score (nSPS) is 12.0. The van der Waals surface area contributed by atoms with Gasteiger partial charge in [0.15, 0.2) is 0 Å². The Morgan fingerprint density at radius 1 is 1.00 bits per heavy atom. The minimum Gasteiger partial charge on any atom is -0.496 e. The zero-order chi connectivity index (χ0) is 24.5. The smallest absolute Gasteiger partial charge is 0.320 e. The molecule has 0 saturated carbocycles. The van der Waals surface area contributed by atoms with Gasteiger partial charge < -0.3 is 19.7 Å². The van der Waals surface area contributed by atoms with Crippen LogP contribution in [0.4, 0.5) is 0 Å². The monoisotopic (exact) mass is 461 g/mol. The summed E-state index contributed by atoms with van der Waals surface area (Å²) < 4.78 is 11.2. The molecule has 6 heteroatoms. The van der Waals surface area contributed by atoms with E-state index in [4.69, 9.17) is 14.6 Å². The van der Waals surface area contributed by atoms with Gasteiger partial charge >= 0.3 is 5.97 Å². The lowest BCUT2D eigenvalue weighted by Crippen LogP contribution is -2.37. The summed E-state index contributed by atoms with van der Waals surface area (Å²) in [6.45, 7) is 2.13. The van der Waals surface area contributed by atoms with Gasteiger partial charge in [0.25, 0.3) is 0 Å². The van der Waals surface area contributed by atoms with E-state index in [9.17, 15) is 9.90 Å². The number of aliphatic hydroxyl groups excluding tert-OH is 1. The number of ether oxygens (including phenoxy) is 2. The second-order valence-corrected chi connectivity index (χ2v) is 7.91. The topological polar surface area (TPSA) is 88.0 Å². The van der Waals surface area contributed by atoms with E-state index in [1.807, 2.05) is 36.4 Å². The summed E-state index contributed by atoms with van der Waals surface area (Å²) >= 11 is 0. The first-order chi connectivity index (χ1) is 16.5. The number of methoxy groups -OCH3 is 2. The molecular formula is C28H31NO5. The maximum Gasteiger partial charge on any atom is 0.320 e. The van der Waals surface area contributed by atoms with E-state index < -0.39 is 12.0 Å². The van der Waals surface area contributed by atoms with Crippen molar-refractivity contribution in [3.63, 3.8) is 0 Å². The third-order valence-electron chi connectivity index (χ3n) is 5.79. The fourth-order valence-electron chi connectivity index (χ4n) is 3.89. The lowest BCUT2D eigenvalue weighted by atomic mass is 9.96. The second-order valence-electron chi connectivity index (χ2n) is 7.91. The van der Waals surface area contributed by atoms with Crippen molar-refractivity contribution < 1.29 is 24.5 Å². The molecule has 0 aromatic heterocycles. The first-order valence-corrected chi connectivity index (χ1v) is 11.1. The maximum absolute atomic E-state index is 11.4. The average Bonchev–Trinajstić information content (AvgIpc) is 2.86. The molecule has 1 atom stereocenters. The number of aliphatic hydroxyl groups is 1. The van der Waals surface area contributed by atoms with Crippen molar-refractivity contribution in [1.82, 2.24) is 5.32 Å². The second kappa shape index (κ2) is 12.0. The molecule has 0 aliphatic carbocycles. The predicted octanol–water partition coefficient (Wildman–Crippen LogP) is 4.77. The molecule has 3 aromatic carbocycles. The summed E-state index contributed by atoms with van der Waals surface area (Å²) in [5.41, 5.74) is 6.28. The molecule has 0 aliphatic rings. The lowest BCUT2D eigenvalue weighted by Gasteiger charge is -2.18. The largest absolute Gasteiger partial charge is 0.496 e. The fourth-order valence-corrected chi connectivity index (χ4v) is 3.89. The summed E-state index contributed by atoms with van der Waals surface area (Å²) in [5, 5.41) is 21.4. The van der Waals surface area contributed by atoms with Gasteiger partial charge in [-0.25, -0.2) is 0 Å². The molecule has 0 heterocycles. The highest BCUT2D eigenvalue weighted by atomic mass is 16.5. The Morgan fingerprint density at radius 3 is 2.26 bits per heavy atom. The molecule has 0 fully saturated rings. The molecule has 0 aliphatic heterocycles.